The van der Waals surface area contributed by atoms with Crippen molar-refractivity contribution in [3.8, 4) is 5.82 Å². The highest BCUT2D eigenvalue weighted by molar-refractivity contribution is 7.18. The molecule has 4 aromatic rings. The molecule has 0 aromatic carbocycles. The third kappa shape index (κ3) is 4.35. The van der Waals surface area contributed by atoms with E-state index in [0.29, 0.717) is 15.9 Å². The maximum absolute atomic E-state index is 14.4. The Balaban J connectivity index is 1.62. The lowest BCUT2D eigenvalue weighted by Gasteiger charge is -2.13. The topological polar surface area (TPSA) is 86.5 Å². The van der Waals surface area contributed by atoms with E-state index in [9.17, 15) is 22.4 Å². The van der Waals surface area contributed by atoms with E-state index in [-0.39, 0.29) is 24.0 Å². The minimum absolute atomic E-state index is 0.0756. The molecule has 4 aromatic heterocycles. The van der Waals surface area contributed by atoms with E-state index in [1.165, 1.54) is 43.0 Å². The van der Waals surface area contributed by atoms with E-state index in [2.05, 4.69) is 25.1 Å². The molecule has 0 amide bonds. The van der Waals surface area contributed by atoms with Crippen molar-refractivity contribution in [1.29, 1.82) is 0 Å². The summed E-state index contributed by atoms with van der Waals surface area (Å²) in [5.41, 5.74) is 0.0701. The van der Waals surface area contributed by atoms with E-state index in [1.807, 2.05) is 0 Å². The molecule has 1 atom stereocenters. The van der Waals surface area contributed by atoms with E-state index in [4.69, 9.17) is 0 Å². The maximum atomic E-state index is 14.4. The van der Waals surface area contributed by atoms with Crippen LogP contribution in [-0.2, 0) is 23.8 Å². The number of fused-ring (bicyclic) bond motifs is 1. The second-order valence-corrected chi connectivity index (χ2v) is 8.30. The molecular weight excluding hydrogens is 448 g/mol. The molecule has 12 heteroatoms. The summed E-state index contributed by atoms with van der Waals surface area (Å²) >= 11 is 1.32. The van der Waals surface area contributed by atoms with Crippen LogP contribution in [0.5, 0.6) is 0 Å². The van der Waals surface area contributed by atoms with Gasteiger partial charge in [-0.05, 0) is 31.0 Å². The van der Waals surface area contributed by atoms with Crippen LogP contribution in [0.25, 0.3) is 16.2 Å². The van der Waals surface area contributed by atoms with Crippen molar-refractivity contribution in [3.05, 3.63) is 58.1 Å². The fraction of sp³-hybridized carbons (Fsp3) is 0.300. The zero-order valence-corrected chi connectivity index (χ0v) is 17.7. The molecule has 0 bridgehead atoms. The molecule has 0 saturated carbocycles. The van der Waals surface area contributed by atoms with Gasteiger partial charge in [0.15, 0.2) is 5.82 Å². The average Bonchev–Trinajstić information content (AvgIpc) is 3.35. The lowest BCUT2D eigenvalue weighted by molar-refractivity contribution is -0.138. The Labute approximate surface area is 183 Å². The number of hydrogen-bond donors (Lipinski definition) is 0. The van der Waals surface area contributed by atoms with Crippen LogP contribution >= 0.6 is 11.3 Å². The Morgan fingerprint density at radius 1 is 1.16 bits per heavy atom. The predicted octanol–water partition coefficient (Wildman–Crippen LogP) is 4.38. The number of alkyl halides is 4. The van der Waals surface area contributed by atoms with Gasteiger partial charge in [-0.3, -0.25) is 4.79 Å². The lowest BCUT2D eigenvalue weighted by Crippen LogP contribution is -2.16. The fourth-order valence-electron chi connectivity index (χ4n) is 3.42. The first-order chi connectivity index (χ1) is 15.1. The van der Waals surface area contributed by atoms with E-state index in [0.717, 1.165) is 15.9 Å². The van der Waals surface area contributed by atoms with Gasteiger partial charge in [-0.2, -0.15) is 23.4 Å². The Hall–Kier alpha value is -3.28. The molecule has 4 rings (SSSR count). The number of carbonyl (C=O) groups is 1. The number of rotatable bonds is 6. The molecular formula is C20H16F4N6OS. The van der Waals surface area contributed by atoms with Gasteiger partial charge in [0.25, 0.3) is 0 Å². The lowest BCUT2D eigenvalue weighted by atomic mass is 9.98. The Morgan fingerprint density at radius 2 is 1.88 bits per heavy atom. The van der Waals surface area contributed by atoms with Crippen LogP contribution in [0, 0.1) is 6.92 Å². The van der Waals surface area contributed by atoms with Crippen LogP contribution in [0.1, 0.15) is 40.4 Å². The number of thiazole rings is 1. The number of aromatic nitrogens is 6. The van der Waals surface area contributed by atoms with Crippen molar-refractivity contribution in [3.63, 3.8) is 0 Å². The Bertz CT molecular complexity index is 1280. The molecule has 32 heavy (non-hydrogen) atoms. The number of nitrogens with zero attached hydrogens (tertiary/aromatic N) is 6. The van der Waals surface area contributed by atoms with Crippen molar-refractivity contribution in [2.45, 2.75) is 39.0 Å². The largest absolute Gasteiger partial charge is 0.420 e. The fourth-order valence-corrected chi connectivity index (χ4v) is 4.19. The molecule has 4 heterocycles. The van der Waals surface area contributed by atoms with E-state index in [1.54, 1.807) is 6.92 Å². The number of pyridine rings is 2. The normalized spacial score (nSPS) is 12.9. The van der Waals surface area contributed by atoms with Gasteiger partial charge in [0.2, 0.25) is 0 Å². The summed E-state index contributed by atoms with van der Waals surface area (Å²) in [5, 5.41) is 8.09. The van der Waals surface area contributed by atoms with Crippen LogP contribution in [0.4, 0.5) is 17.6 Å². The monoisotopic (exact) mass is 464 g/mol. The summed E-state index contributed by atoms with van der Waals surface area (Å²) < 4.78 is 55.0. The first-order valence-electron chi connectivity index (χ1n) is 9.47. The number of halogens is 4. The summed E-state index contributed by atoms with van der Waals surface area (Å²) in [6.07, 6.45) is -1.53. The van der Waals surface area contributed by atoms with Gasteiger partial charge in [0.05, 0.1) is 17.4 Å². The van der Waals surface area contributed by atoms with Crippen molar-refractivity contribution >= 4 is 27.5 Å². The van der Waals surface area contributed by atoms with Crippen molar-refractivity contribution < 1.29 is 22.4 Å². The van der Waals surface area contributed by atoms with Crippen LogP contribution in [0.2, 0.25) is 0 Å². The minimum atomic E-state index is -4.72. The van der Waals surface area contributed by atoms with E-state index >= 15 is 0 Å². The number of carbonyl (C=O) groups excluding carboxylic acids is 1. The van der Waals surface area contributed by atoms with Crippen LogP contribution in [0.3, 0.4) is 0 Å². The second kappa shape index (κ2) is 8.34. The Morgan fingerprint density at radius 3 is 2.53 bits per heavy atom. The third-order valence-corrected chi connectivity index (χ3v) is 5.56. The summed E-state index contributed by atoms with van der Waals surface area (Å²) in [4.78, 5) is 26.4. The van der Waals surface area contributed by atoms with Crippen LogP contribution in [0.15, 0.2) is 30.9 Å². The molecule has 0 spiro atoms. The highest BCUT2D eigenvalue weighted by Gasteiger charge is 2.36. The third-order valence-electron chi connectivity index (χ3n) is 4.68. The van der Waals surface area contributed by atoms with Crippen molar-refractivity contribution in [1.82, 2.24) is 29.9 Å². The highest BCUT2D eigenvalue weighted by atomic mass is 32.1. The minimum Gasteiger partial charge on any atom is -0.299 e. The molecule has 0 N–H and O–H groups in total. The first-order valence-corrected chi connectivity index (χ1v) is 10.3. The van der Waals surface area contributed by atoms with Gasteiger partial charge in [-0.1, -0.05) is 11.3 Å². The zero-order chi connectivity index (χ0) is 23.0. The second-order valence-electron chi connectivity index (χ2n) is 7.12. The van der Waals surface area contributed by atoms with Crippen molar-refractivity contribution in [2.24, 2.45) is 0 Å². The van der Waals surface area contributed by atoms with Gasteiger partial charge in [0, 0.05) is 30.8 Å². The molecule has 0 saturated heterocycles. The maximum Gasteiger partial charge on any atom is 0.420 e. The number of aryl methyl sites for hydroxylation is 1. The molecule has 166 valence electrons. The molecule has 0 aliphatic heterocycles. The number of ketones is 1. The predicted molar refractivity (Wildman–Crippen MR) is 108 cm³/mol. The molecule has 0 aliphatic carbocycles. The average molecular weight is 464 g/mol. The number of hydrogen-bond acceptors (Lipinski definition) is 7. The highest BCUT2D eigenvalue weighted by Crippen LogP contribution is 2.34. The molecule has 0 aliphatic rings. The molecule has 0 fully saturated rings. The van der Waals surface area contributed by atoms with Gasteiger partial charge >= 0.3 is 6.18 Å². The van der Waals surface area contributed by atoms with Gasteiger partial charge in [-0.15, -0.1) is 4.80 Å². The van der Waals surface area contributed by atoms with Crippen LogP contribution < -0.4 is 0 Å². The summed E-state index contributed by atoms with van der Waals surface area (Å²) in [5.74, 6) is -0.888. The van der Waals surface area contributed by atoms with Gasteiger partial charge in [0.1, 0.15) is 27.9 Å². The first kappa shape index (κ1) is 21.9. The summed E-state index contributed by atoms with van der Waals surface area (Å²) in [6.45, 7) is 3.12. The van der Waals surface area contributed by atoms with Crippen molar-refractivity contribution in [2.75, 3.05) is 0 Å². The number of Topliss-reactive ketones (excluding diaryl/α,β-unsaturated/α-hetero) is 1. The van der Waals surface area contributed by atoms with Gasteiger partial charge in [-0.25, -0.2) is 19.3 Å². The van der Waals surface area contributed by atoms with Crippen LogP contribution in [-0.4, -0.2) is 35.7 Å². The Kier molecular flexibility index (Phi) is 5.71. The standard InChI is InChI=1S/C20H16F4N6OS/c1-10(21)16-13(9-26-19-17(16)29-11(2)32-19)7-14(31)5-12-6-15(20(22,23)24)18(25-8-12)30-27-3-4-28-30/h3-4,6,8-10H,5,7H2,1-2H3. The smallest absolute Gasteiger partial charge is 0.299 e. The zero-order valence-electron chi connectivity index (χ0n) is 16.9. The molecule has 0 radical (unpaired) electrons. The van der Waals surface area contributed by atoms with E-state index < -0.39 is 29.5 Å². The molecule has 7 nitrogen and oxygen atoms in total. The summed E-state index contributed by atoms with van der Waals surface area (Å²) in [7, 11) is 0. The summed E-state index contributed by atoms with van der Waals surface area (Å²) in [6, 6.07) is 0.855. The van der Waals surface area contributed by atoms with Gasteiger partial charge < -0.3 is 0 Å². The molecule has 1 unspecified atom stereocenters. The quantitative estimate of drug-likeness (QED) is 0.394. The SMILES string of the molecule is Cc1nc2c(C(C)F)c(CC(=O)Cc3cnc(-n4nccn4)c(C(F)(F)F)c3)cnc2s1.